The van der Waals surface area contributed by atoms with Crippen LogP contribution in [0.3, 0.4) is 0 Å². The minimum absolute atomic E-state index is 0.411. The second kappa shape index (κ2) is 7.29. The Kier molecular flexibility index (Phi) is 6.37. The lowest BCUT2D eigenvalue weighted by molar-refractivity contribution is -0.0206. The molecule has 0 heterocycles. The van der Waals surface area contributed by atoms with E-state index in [0.717, 1.165) is 12.5 Å². The maximum Gasteiger partial charge on any atom is 0.0731 e. The fourth-order valence-electron chi connectivity index (χ4n) is 2.67. The van der Waals surface area contributed by atoms with Gasteiger partial charge in [0.1, 0.15) is 0 Å². The molecular weight excluding hydrogens is 198 g/mol. The largest absolute Gasteiger partial charge is 0.374 e. The zero-order valence-corrected chi connectivity index (χ0v) is 11.5. The predicted molar refractivity (Wildman–Crippen MR) is 69.7 cm³/mol. The monoisotopic (exact) mass is 227 g/mol. The lowest BCUT2D eigenvalue weighted by Gasteiger charge is -2.25. The first-order chi connectivity index (χ1) is 7.63. The quantitative estimate of drug-likeness (QED) is 0.720. The molecule has 0 amide bonds. The summed E-state index contributed by atoms with van der Waals surface area (Å²) in [6, 6.07) is 0.606. The Hall–Kier alpha value is -0.0800. The van der Waals surface area contributed by atoms with E-state index in [9.17, 15) is 0 Å². The molecule has 1 aliphatic rings. The second-order valence-electron chi connectivity index (χ2n) is 5.61. The molecule has 1 saturated carbocycles. The van der Waals surface area contributed by atoms with E-state index in [1.165, 1.54) is 32.1 Å². The van der Waals surface area contributed by atoms with Gasteiger partial charge in [0.2, 0.25) is 0 Å². The van der Waals surface area contributed by atoms with Crippen molar-refractivity contribution < 1.29 is 4.74 Å². The van der Waals surface area contributed by atoms with E-state index in [-0.39, 0.29) is 0 Å². The van der Waals surface area contributed by atoms with Gasteiger partial charge in [-0.1, -0.05) is 20.8 Å². The van der Waals surface area contributed by atoms with E-state index < -0.39 is 0 Å². The van der Waals surface area contributed by atoms with Crippen LogP contribution >= 0.6 is 0 Å². The van der Waals surface area contributed by atoms with Crippen molar-refractivity contribution in [1.29, 1.82) is 0 Å². The third-order valence-corrected chi connectivity index (χ3v) is 3.32. The maximum atomic E-state index is 6.17. The minimum Gasteiger partial charge on any atom is -0.374 e. The van der Waals surface area contributed by atoms with E-state index in [1.54, 1.807) is 0 Å². The molecule has 1 aliphatic carbocycles. The Bertz CT molecular complexity index is 182. The van der Waals surface area contributed by atoms with Crippen LogP contribution in [0.15, 0.2) is 0 Å². The molecule has 0 aliphatic heterocycles. The molecule has 0 spiro atoms. The van der Waals surface area contributed by atoms with Crippen molar-refractivity contribution in [1.82, 2.24) is 5.32 Å². The van der Waals surface area contributed by atoms with Gasteiger partial charge < -0.3 is 10.1 Å². The molecule has 0 aromatic rings. The summed E-state index contributed by atoms with van der Waals surface area (Å²) in [6.45, 7) is 10.1. The van der Waals surface area contributed by atoms with Crippen molar-refractivity contribution in [3.63, 3.8) is 0 Å². The molecule has 2 nitrogen and oxygen atoms in total. The summed E-state index contributed by atoms with van der Waals surface area (Å²) in [6.07, 6.45) is 7.11. The fraction of sp³-hybridized carbons (Fsp3) is 1.00. The SMILES string of the molecule is CCCNC1CCCC1OC(C)CC(C)C. The number of nitrogens with one attached hydrogen (secondary N) is 1. The second-order valence-corrected chi connectivity index (χ2v) is 5.61. The Labute approximate surface area is 101 Å². The maximum absolute atomic E-state index is 6.17. The van der Waals surface area contributed by atoms with Gasteiger partial charge in [-0.2, -0.15) is 0 Å². The highest BCUT2D eigenvalue weighted by Crippen LogP contribution is 2.24. The van der Waals surface area contributed by atoms with Crippen molar-refractivity contribution in [2.45, 2.75) is 78.0 Å². The van der Waals surface area contributed by atoms with Crippen LogP contribution in [-0.4, -0.2) is 24.8 Å². The number of hydrogen-bond donors (Lipinski definition) is 1. The molecule has 1 fully saturated rings. The van der Waals surface area contributed by atoms with Gasteiger partial charge in [-0.3, -0.25) is 0 Å². The van der Waals surface area contributed by atoms with Crippen LogP contribution in [-0.2, 0) is 4.74 Å². The van der Waals surface area contributed by atoms with E-state index >= 15 is 0 Å². The first kappa shape index (κ1) is 14.0. The summed E-state index contributed by atoms with van der Waals surface area (Å²) in [4.78, 5) is 0. The van der Waals surface area contributed by atoms with Crippen molar-refractivity contribution >= 4 is 0 Å². The van der Waals surface area contributed by atoms with Gasteiger partial charge in [0.25, 0.3) is 0 Å². The van der Waals surface area contributed by atoms with Gasteiger partial charge >= 0.3 is 0 Å². The lowest BCUT2D eigenvalue weighted by Crippen LogP contribution is -2.39. The normalized spacial score (nSPS) is 27.6. The number of rotatable bonds is 7. The first-order valence-corrected chi connectivity index (χ1v) is 7.02. The molecule has 0 radical (unpaired) electrons. The molecular formula is C14H29NO. The molecule has 0 aromatic heterocycles. The predicted octanol–water partition coefficient (Wildman–Crippen LogP) is 3.36. The van der Waals surface area contributed by atoms with Gasteiger partial charge in [0.05, 0.1) is 12.2 Å². The van der Waals surface area contributed by atoms with E-state index in [4.69, 9.17) is 4.74 Å². The average molecular weight is 227 g/mol. The van der Waals surface area contributed by atoms with Crippen LogP contribution < -0.4 is 5.32 Å². The highest BCUT2D eigenvalue weighted by atomic mass is 16.5. The molecule has 1 N–H and O–H groups in total. The summed E-state index contributed by atoms with van der Waals surface area (Å²) >= 11 is 0. The van der Waals surface area contributed by atoms with E-state index in [1.807, 2.05) is 0 Å². The van der Waals surface area contributed by atoms with Gasteiger partial charge in [0, 0.05) is 6.04 Å². The number of hydrogen-bond acceptors (Lipinski definition) is 2. The molecule has 0 aromatic carbocycles. The first-order valence-electron chi connectivity index (χ1n) is 7.02. The van der Waals surface area contributed by atoms with Crippen molar-refractivity contribution in [3.8, 4) is 0 Å². The summed E-state index contributed by atoms with van der Waals surface area (Å²) in [5, 5.41) is 3.62. The van der Waals surface area contributed by atoms with Gasteiger partial charge in [-0.05, 0) is 51.5 Å². The summed E-state index contributed by atoms with van der Waals surface area (Å²) in [5.74, 6) is 0.735. The zero-order valence-electron chi connectivity index (χ0n) is 11.5. The molecule has 1 rings (SSSR count). The Morgan fingerprint density at radius 3 is 2.62 bits per heavy atom. The Morgan fingerprint density at radius 2 is 2.00 bits per heavy atom. The van der Waals surface area contributed by atoms with Crippen LogP contribution in [0, 0.1) is 5.92 Å². The van der Waals surface area contributed by atoms with Gasteiger partial charge in [-0.15, -0.1) is 0 Å². The zero-order chi connectivity index (χ0) is 12.0. The molecule has 3 unspecified atom stereocenters. The van der Waals surface area contributed by atoms with Crippen LogP contribution in [0.5, 0.6) is 0 Å². The number of ether oxygens (including phenoxy) is 1. The van der Waals surface area contributed by atoms with Crippen LogP contribution in [0.4, 0.5) is 0 Å². The fourth-order valence-corrected chi connectivity index (χ4v) is 2.67. The van der Waals surface area contributed by atoms with Crippen LogP contribution in [0.2, 0.25) is 0 Å². The van der Waals surface area contributed by atoms with Crippen molar-refractivity contribution in [2.75, 3.05) is 6.54 Å². The Balaban J connectivity index is 2.28. The van der Waals surface area contributed by atoms with Crippen LogP contribution in [0.1, 0.15) is 59.8 Å². The smallest absolute Gasteiger partial charge is 0.0731 e. The lowest BCUT2D eigenvalue weighted by atomic mass is 10.1. The highest BCUT2D eigenvalue weighted by Gasteiger charge is 2.28. The molecule has 3 atom stereocenters. The molecule has 16 heavy (non-hydrogen) atoms. The van der Waals surface area contributed by atoms with Crippen LogP contribution in [0.25, 0.3) is 0 Å². The van der Waals surface area contributed by atoms with Crippen molar-refractivity contribution in [2.24, 2.45) is 5.92 Å². The summed E-state index contributed by atoms with van der Waals surface area (Å²) in [7, 11) is 0. The van der Waals surface area contributed by atoms with Gasteiger partial charge in [0.15, 0.2) is 0 Å². The minimum atomic E-state index is 0.411. The Morgan fingerprint density at radius 1 is 1.25 bits per heavy atom. The standard InChI is InChI=1S/C14H29NO/c1-5-9-15-13-7-6-8-14(13)16-12(4)10-11(2)3/h11-15H,5-10H2,1-4H3. The van der Waals surface area contributed by atoms with Crippen molar-refractivity contribution in [3.05, 3.63) is 0 Å². The highest BCUT2D eigenvalue weighted by molar-refractivity contribution is 4.84. The molecule has 0 saturated heterocycles. The third-order valence-electron chi connectivity index (χ3n) is 3.32. The summed E-state index contributed by atoms with van der Waals surface area (Å²) < 4.78 is 6.17. The average Bonchev–Trinajstić information content (AvgIpc) is 2.61. The molecule has 0 bridgehead atoms. The van der Waals surface area contributed by atoms with E-state index in [2.05, 4.69) is 33.0 Å². The third kappa shape index (κ3) is 4.84. The topological polar surface area (TPSA) is 21.3 Å². The molecule has 96 valence electrons. The summed E-state index contributed by atoms with van der Waals surface area (Å²) in [5.41, 5.74) is 0. The van der Waals surface area contributed by atoms with E-state index in [0.29, 0.717) is 18.2 Å². The molecule has 2 heteroatoms. The van der Waals surface area contributed by atoms with Gasteiger partial charge in [-0.25, -0.2) is 0 Å².